The van der Waals surface area contributed by atoms with Gasteiger partial charge in [-0.25, -0.2) is 4.98 Å². The van der Waals surface area contributed by atoms with E-state index in [1.807, 2.05) is 6.07 Å². The Balaban J connectivity index is 1.35. The SMILES string of the molecule is CCOC(=O)CCc1ccc(OC)cc1C(=O)N1CCCC1c1nc(C(=O)NCCCCC2CCCCC2)co1. The highest BCUT2D eigenvalue weighted by Crippen LogP contribution is 2.34. The van der Waals surface area contributed by atoms with Gasteiger partial charge in [-0.15, -0.1) is 0 Å². The second kappa shape index (κ2) is 14.9. The van der Waals surface area contributed by atoms with Gasteiger partial charge in [-0.3, -0.25) is 14.4 Å². The van der Waals surface area contributed by atoms with Gasteiger partial charge in [-0.1, -0.05) is 51.0 Å². The Labute approximate surface area is 237 Å². The summed E-state index contributed by atoms with van der Waals surface area (Å²) in [5.74, 6) is 1.05. The lowest BCUT2D eigenvalue weighted by Gasteiger charge is -2.24. The molecule has 0 bridgehead atoms. The number of aryl methyl sites for hydroxylation is 1. The summed E-state index contributed by atoms with van der Waals surface area (Å²) in [4.78, 5) is 44.6. The molecule has 2 aliphatic rings. The largest absolute Gasteiger partial charge is 0.497 e. The molecule has 9 heteroatoms. The maximum atomic E-state index is 13.8. The number of oxazole rings is 1. The third-order valence-corrected chi connectivity index (χ3v) is 8.05. The Kier molecular flexibility index (Phi) is 11.0. The van der Waals surface area contributed by atoms with Crippen LogP contribution < -0.4 is 10.1 Å². The fraction of sp³-hybridized carbons (Fsp3) is 0.613. The van der Waals surface area contributed by atoms with Crippen molar-refractivity contribution in [1.82, 2.24) is 15.2 Å². The summed E-state index contributed by atoms with van der Waals surface area (Å²) in [6.07, 6.45) is 13.5. The van der Waals surface area contributed by atoms with E-state index in [1.54, 1.807) is 31.1 Å². The molecule has 1 N–H and O–H groups in total. The van der Waals surface area contributed by atoms with E-state index in [0.29, 0.717) is 49.7 Å². The van der Waals surface area contributed by atoms with E-state index in [4.69, 9.17) is 13.9 Å². The van der Waals surface area contributed by atoms with Crippen LogP contribution in [0.1, 0.15) is 116 Å². The lowest BCUT2D eigenvalue weighted by Crippen LogP contribution is -2.31. The van der Waals surface area contributed by atoms with Crippen molar-refractivity contribution < 1.29 is 28.3 Å². The van der Waals surface area contributed by atoms with Gasteiger partial charge in [0.2, 0.25) is 5.89 Å². The highest BCUT2D eigenvalue weighted by Gasteiger charge is 2.35. The van der Waals surface area contributed by atoms with Crippen LogP contribution in [0.2, 0.25) is 0 Å². The van der Waals surface area contributed by atoms with Crippen LogP contribution in [0.5, 0.6) is 5.75 Å². The van der Waals surface area contributed by atoms with Crippen LogP contribution in [0.15, 0.2) is 28.9 Å². The summed E-state index contributed by atoms with van der Waals surface area (Å²) in [7, 11) is 1.55. The van der Waals surface area contributed by atoms with Crippen molar-refractivity contribution in [1.29, 1.82) is 0 Å². The summed E-state index contributed by atoms with van der Waals surface area (Å²) in [5, 5.41) is 2.96. The smallest absolute Gasteiger partial charge is 0.306 e. The van der Waals surface area contributed by atoms with E-state index in [1.165, 1.54) is 44.8 Å². The second-order valence-electron chi connectivity index (χ2n) is 10.8. The number of amides is 2. The number of aromatic nitrogens is 1. The van der Waals surface area contributed by atoms with Crippen LogP contribution in [0.25, 0.3) is 0 Å². The van der Waals surface area contributed by atoms with Crippen molar-refractivity contribution in [3.05, 3.63) is 47.2 Å². The zero-order valence-corrected chi connectivity index (χ0v) is 23.9. The summed E-state index contributed by atoms with van der Waals surface area (Å²) in [5.41, 5.74) is 1.46. The lowest BCUT2D eigenvalue weighted by atomic mass is 9.86. The molecule has 2 fully saturated rings. The molecule has 40 heavy (non-hydrogen) atoms. The first-order valence-electron chi connectivity index (χ1n) is 14.9. The molecule has 9 nitrogen and oxygen atoms in total. The molecule has 1 aliphatic carbocycles. The van der Waals surface area contributed by atoms with Crippen molar-refractivity contribution in [2.45, 2.75) is 90.0 Å². The van der Waals surface area contributed by atoms with Crippen molar-refractivity contribution in [3.8, 4) is 5.75 Å². The molecule has 1 aliphatic heterocycles. The third kappa shape index (κ3) is 7.86. The maximum Gasteiger partial charge on any atom is 0.306 e. The van der Waals surface area contributed by atoms with Crippen molar-refractivity contribution in [3.63, 3.8) is 0 Å². The quantitative estimate of drug-likeness (QED) is 0.253. The number of hydrogen-bond donors (Lipinski definition) is 1. The predicted octanol–water partition coefficient (Wildman–Crippen LogP) is 5.64. The van der Waals surface area contributed by atoms with Crippen LogP contribution in [0, 0.1) is 5.92 Å². The van der Waals surface area contributed by atoms with Gasteiger partial charge < -0.3 is 24.1 Å². The second-order valence-corrected chi connectivity index (χ2v) is 10.8. The average Bonchev–Trinajstić information content (AvgIpc) is 3.66. The number of esters is 1. The highest BCUT2D eigenvalue weighted by molar-refractivity contribution is 5.97. The number of carbonyl (C=O) groups is 3. The summed E-state index contributed by atoms with van der Waals surface area (Å²) in [6.45, 7) is 3.25. The molecule has 1 saturated heterocycles. The van der Waals surface area contributed by atoms with Gasteiger partial charge in [0.25, 0.3) is 11.8 Å². The minimum atomic E-state index is -0.367. The van der Waals surface area contributed by atoms with Crippen LogP contribution in [-0.4, -0.2) is 54.5 Å². The minimum absolute atomic E-state index is 0.178. The standard InChI is InChI=1S/C31H43N3O6/c1-3-39-28(35)17-15-23-14-16-24(38-2)20-25(23)31(37)34-19-9-13-27(34)30-33-26(21-40-30)29(36)32-18-8-7-12-22-10-5-4-6-11-22/h14,16,20-22,27H,3-13,15,17-19H2,1-2H3,(H,32,36). The highest BCUT2D eigenvalue weighted by atomic mass is 16.5. The number of likely N-dealkylation sites (tertiary alicyclic amines) is 1. The zero-order valence-electron chi connectivity index (χ0n) is 23.9. The van der Waals surface area contributed by atoms with Crippen LogP contribution >= 0.6 is 0 Å². The molecule has 0 spiro atoms. The number of carbonyl (C=O) groups excluding carboxylic acids is 3. The lowest BCUT2D eigenvalue weighted by molar-refractivity contribution is -0.143. The number of unbranched alkanes of at least 4 members (excludes halogenated alkanes) is 1. The summed E-state index contributed by atoms with van der Waals surface area (Å²) < 4.78 is 16.1. The van der Waals surface area contributed by atoms with Gasteiger partial charge in [0.15, 0.2) is 5.69 Å². The first-order chi connectivity index (χ1) is 19.5. The first-order valence-corrected chi connectivity index (χ1v) is 14.9. The van der Waals surface area contributed by atoms with E-state index in [9.17, 15) is 14.4 Å². The monoisotopic (exact) mass is 553 g/mol. The Morgan fingerprint density at radius 2 is 1.93 bits per heavy atom. The molecular formula is C31H43N3O6. The topological polar surface area (TPSA) is 111 Å². The third-order valence-electron chi connectivity index (χ3n) is 8.05. The van der Waals surface area contributed by atoms with Crippen LogP contribution in [-0.2, 0) is 16.0 Å². The Morgan fingerprint density at radius 1 is 1.10 bits per heavy atom. The molecule has 218 valence electrons. The summed E-state index contributed by atoms with van der Waals surface area (Å²) >= 11 is 0. The fourth-order valence-electron chi connectivity index (χ4n) is 5.86. The molecular weight excluding hydrogens is 510 g/mol. The molecule has 0 radical (unpaired) electrons. The van der Waals surface area contributed by atoms with Crippen molar-refractivity contribution in [2.24, 2.45) is 5.92 Å². The van der Waals surface area contributed by atoms with Gasteiger partial charge in [0.1, 0.15) is 18.1 Å². The average molecular weight is 554 g/mol. The van der Waals surface area contributed by atoms with Gasteiger partial charge in [-0.05, 0) is 56.2 Å². The molecule has 2 heterocycles. The number of ether oxygens (including phenoxy) is 2. The molecule has 1 saturated carbocycles. The van der Waals surface area contributed by atoms with E-state index in [0.717, 1.165) is 30.7 Å². The van der Waals surface area contributed by atoms with E-state index in [2.05, 4.69) is 10.3 Å². The molecule has 4 rings (SSSR count). The van der Waals surface area contributed by atoms with E-state index in [-0.39, 0.29) is 35.9 Å². The van der Waals surface area contributed by atoms with Gasteiger partial charge >= 0.3 is 5.97 Å². The Morgan fingerprint density at radius 3 is 2.70 bits per heavy atom. The number of nitrogens with zero attached hydrogens (tertiary/aromatic N) is 2. The Hall–Kier alpha value is -3.36. The fourth-order valence-corrected chi connectivity index (χ4v) is 5.86. The number of methoxy groups -OCH3 is 1. The molecule has 1 aromatic carbocycles. The van der Waals surface area contributed by atoms with Gasteiger partial charge in [0, 0.05) is 25.1 Å². The first kappa shape index (κ1) is 29.6. The van der Waals surface area contributed by atoms with Gasteiger partial charge in [-0.2, -0.15) is 0 Å². The Bertz CT molecular complexity index is 1140. The number of nitrogens with one attached hydrogen (secondary N) is 1. The van der Waals surface area contributed by atoms with Crippen molar-refractivity contribution in [2.75, 3.05) is 26.8 Å². The zero-order chi connectivity index (χ0) is 28.3. The molecule has 1 unspecified atom stereocenters. The van der Waals surface area contributed by atoms with Crippen molar-refractivity contribution >= 4 is 17.8 Å². The molecule has 2 aromatic rings. The number of hydrogen-bond acceptors (Lipinski definition) is 7. The maximum absolute atomic E-state index is 13.8. The number of benzene rings is 1. The van der Waals surface area contributed by atoms with Gasteiger partial charge in [0.05, 0.1) is 13.7 Å². The van der Waals surface area contributed by atoms with Crippen LogP contribution in [0.3, 0.4) is 0 Å². The number of rotatable bonds is 13. The molecule has 1 aromatic heterocycles. The van der Waals surface area contributed by atoms with Crippen LogP contribution in [0.4, 0.5) is 0 Å². The summed E-state index contributed by atoms with van der Waals surface area (Å²) in [6, 6.07) is 4.95. The normalized spacial score (nSPS) is 17.6. The molecule has 1 atom stereocenters. The minimum Gasteiger partial charge on any atom is -0.497 e. The molecule has 2 amide bonds. The van der Waals surface area contributed by atoms with E-state index < -0.39 is 0 Å². The van der Waals surface area contributed by atoms with E-state index >= 15 is 0 Å². The predicted molar refractivity (Wildman–Crippen MR) is 150 cm³/mol.